The van der Waals surface area contributed by atoms with Crippen molar-refractivity contribution >= 4 is 23.2 Å². The van der Waals surface area contributed by atoms with Crippen LogP contribution in [-0.4, -0.2) is 23.3 Å². The van der Waals surface area contributed by atoms with E-state index in [-0.39, 0.29) is 23.2 Å². The van der Waals surface area contributed by atoms with Crippen LogP contribution < -0.4 is 10.2 Å². The van der Waals surface area contributed by atoms with Crippen LogP contribution in [0.1, 0.15) is 38.5 Å². The average molecular weight is 371 g/mol. The summed E-state index contributed by atoms with van der Waals surface area (Å²) in [6.45, 7) is 2.58. The summed E-state index contributed by atoms with van der Waals surface area (Å²) in [5.74, 6) is -0.513. The van der Waals surface area contributed by atoms with E-state index in [9.17, 15) is 9.59 Å². The number of hydrogen-bond donors (Lipinski definition) is 1. The number of fused-ring (bicyclic) bond motifs is 1. The number of benzene rings is 2. The van der Waals surface area contributed by atoms with Gasteiger partial charge in [0.1, 0.15) is 11.4 Å². The molecule has 2 heterocycles. The summed E-state index contributed by atoms with van der Waals surface area (Å²) < 4.78 is 0. The standard InChI is InChI=1S/C23H21N3O2/c1-16-8-2-4-11-18(16)25-22(27)19-12-6-13-20(24-19)23(28)26-15-7-10-17-9-3-5-14-21(17)26/h2-6,8-9,11-14H,7,10,15H2,1H3,(H,25,27). The quantitative estimate of drug-likeness (QED) is 0.749. The number of amides is 2. The Bertz CT molecular complexity index is 1050. The molecule has 0 saturated carbocycles. The van der Waals surface area contributed by atoms with Gasteiger partial charge >= 0.3 is 0 Å². The molecule has 0 atom stereocenters. The lowest BCUT2D eigenvalue weighted by Gasteiger charge is -2.29. The fourth-order valence-electron chi connectivity index (χ4n) is 3.46. The minimum Gasteiger partial charge on any atom is -0.320 e. The Labute approximate surface area is 164 Å². The summed E-state index contributed by atoms with van der Waals surface area (Å²) >= 11 is 0. The molecule has 1 N–H and O–H groups in total. The molecule has 140 valence electrons. The topological polar surface area (TPSA) is 62.3 Å². The molecule has 3 aromatic rings. The molecular weight excluding hydrogens is 350 g/mol. The van der Waals surface area contributed by atoms with E-state index >= 15 is 0 Å². The molecule has 1 aliphatic rings. The lowest BCUT2D eigenvalue weighted by molar-refractivity contribution is 0.0980. The van der Waals surface area contributed by atoms with Gasteiger partial charge in [-0.05, 0) is 55.2 Å². The van der Waals surface area contributed by atoms with Crippen LogP contribution in [-0.2, 0) is 6.42 Å². The zero-order valence-electron chi connectivity index (χ0n) is 15.7. The number of nitrogens with one attached hydrogen (secondary N) is 1. The second-order valence-electron chi connectivity index (χ2n) is 6.87. The Morgan fingerprint density at radius 3 is 2.54 bits per heavy atom. The van der Waals surface area contributed by atoms with E-state index < -0.39 is 0 Å². The largest absolute Gasteiger partial charge is 0.320 e. The number of pyridine rings is 1. The number of aryl methyl sites for hydroxylation is 2. The van der Waals surface area contributed by atoms with Gasteiger partial charge in [-0.15, -0.1) is 0 Å². The van der Waals surface area contributed by atoms with Gasteiger partial charge in [0.2, 0.25) is 0 Å². The third-order valence-corrected chi connectivity index (χ3v) is 4.95. The number of aromatic nitrogens is 1. The Hall–Kier alpha value is -3.47. The van der Waals surface area contributed by atoms with Crippen LogP contribution in [0, 0.1) is 6.92 Å². The van der Waals surface area contributed by atoms with Crippen molar-refractivity contribution in [3.05, 3.63) is 89.2 Å². The lowest BCUT2D eigenvalue weighted by Crippen LogP contribution is -2.36. The van der Waals surface area contributed by atoms with E-state index in [0.29, 0.717) is 6.54 Å². The third-order valence-electron chi connectivity index (χ3n) is 4.95. The minimum atomic E-state index is -0.331. The number of rotatable bonds is 3. The van der Waals surface area contributed by atoms with Crippen molar-refractivity contribution in [2.24, 2.45) is 0 Å². The smallest absolute Gasteiger partial charge is 0.276 e. The summed E-state index contributed by atoms with van der Waals surface area (Å²) in [7, 11) is 0. The predicted octanol–water partition coefficient (Wildman–Crippen LogP) is 4.24. The molecule has 0 unspecified atom stereocenters. The predicted molar refractivity (Wildman–Crippen MR) is 110 cm³/mol. The number of carbonyl (C=O) groups excluding carboxylic acids is 2. The maximum absolute atomic E-state index is 13.1. The first-order valence-corrected chi connectivity index (χ1v) is 9.37. The summed E-state index contributed by atoms with van der Waals surface area (Å²) in [4.78, 5) is 31.8. The van der Waals surface area contributed by atoms with Crippen molar-refractivity contribution in [1.29, 1.82) is 0 Å². The maximum Gasteiger partial charge on any atom is 0.276 e. The average Bonchev–Trinajstić information content (AvgIpc) is 2.74. The number of carbonyl (C=O) groups is 2. The number of nitrogens with zero attached hydrogens (tertiary/aromatic N) is 2. The first-order valence-electron chi connectivity index (χ1n) is 9.37. The van der Waals surface area contributed by atoms with Crippen LogP contribution in [0.5, 0.6) is 0 Å². The molecule has 0 bridgehead atoms. The second kappa shape index (κ2) is 7.64. The minimum absolute atomic E-state index is 0.183. The van der Waals surface area contributed by atoms with Crippen LogP contribution in [0.3, 0.4) is 0 Å². The Morgan fingerprint density at radius 1 is 0.929 bits per heavy atom. The van der Waals surface area contributed by atoms with Crippen molar-refractivity contribution in [2.75, 3.05) is 16.8 Å². The summed E-state index contributed by atoms with van der Waals surface area (Å²) in [5, 5.41) is 2.86. The second-order valence-corrected chi connectivity index (χ2v) is 6.87. The van der Waals surface area contributed by atoms with Crippen LogP contribution >= 0.6 is 0 Å². The highest BCUT2D eigenvalue weighted by Crippen LogP contribution is 2.27. The SMILES string of the molecule is Cc1ccccc1NC(=O)c1cccc(C(=O)N2CCCc3ccccc32)n1. The molecule has 2 amide bonds. The van der Waals surface area contributed by atoms with Crippen molar-refractivity contribution in [3.8, 4) is 0 Å². The lowest BCUT2D eigenvalue weighted by atomic mass is 10.0. The van der Waals surface area contributed by atoms with Gasteiger partial charge in [0, 0.05) is 17.9 Å². The molecule has 0 saturated heterocycles. The molecular formula is C23H21N3O2. The van der Waals surface area contributed by atoms with E-state index in [0.717, 1.165) is 35.3 Å². The van der Waals surface area contributed by atoms with Crippen molar-refractivity contribution in [3.63, 3.8) is 0 Å². The molecule has 0 fully saturated rings. The first kappa shape index (κ1) is 17.9. The van der Waals surface area contributed by atoms with E-state index in [1.807, 2.05) is 55.5 Å². The molecule has 1 aromatic heterocycles. The van der Waals surface area contributed by atoms with Gasteiger partial charge in [-0.25, -0.2) is 4.98 Å². The van der Waals surface area contributed by atoms with Gasteiger partial charge in [-0.2, -0.15) is 0 Å². The van der Waals surface area contributed by atoms with E-state index in [4.69, 9.17) is 0 Å². The summed E-state index contributed by atoms with van der Waals surface area (Å²) in [5.41, 5.74) is 4.28. The first-order chi connectivity index (χ1) is 13.6. The number of hydrogen-bond acceptors (Lipinski definition) is 3. The molecule has 2 aromatic carbocycles. The van der Waals surface area contributed by atoms with E-state index in [1.165, 1.54) is 0 Å². The van der Waals surface area contributed by atoms with Gasteiger partial charge in [-0.3, -0.25) is 9.59 Å². The van der Waals surface area contributed by atoms with Gasteiger partial charge < -0.3 is 10.2 Å². The molecule has 5 nitrogen and oxygen atoms in total. The summed E-state index contributed by atoms with van der Waals surface area (Å²) in [6, 6.07) is 20.5. The van der Waals surface area contributed by atoms with Crippen molar-refractivity contribution in [2.45, 2.75) is 19.8 Å². The van der Waals surface area contributed by atoms with Gasteiger partial charge in [0.05, 0.1) is 0 Å². The molecule has 4 rings (SSSR count). The van der Waals surface area contributed by atoms with Gasteiger partial charge in [0.25, 0.3) is 11.8 Å². The highest BCUT2D eigenvalue weighted by Gasteiger charge is 2.24. The molecule has 0 radical (unpaired) electrons. The monoisotopic (exact) mass is 371 g/mol. The Morgan fingerprint density at radius 2 is 1.68 bits per heavy atom. The van der Waals surface area contributed by atoms with Crippen LogP contribution in [0.2, 0.25) is 0 Å². The van der Waals surface area contributed by atoms with E-state index in [1.54, 1.807) is 23.1 Å². The molecule has 5 heteroatoms. The fourth-order valence-corrected chi connectivity index (χ4v) is 3.46. The Kier molecular flexibility index (Phi) is 4.89. The zero-order valence-corrected chi connectivity index (χ0v) is 15.7. The van der Waals surface area contributed by atoms with Gasteiger partial charge in [-0.1, -0.05) is 42.5 Å². The molecule has 0 spiro atoms. The summed E-state index contributed by atoms with van der Waals surface area (Å²) in [6.07, 6.45) is 1.88. The Balaban J connectivity index is 1.58. The zero-order chi connectivity index (χ0) is 19.5. The number of para-hydroxylation sites is 2. The van der Waals surface area contributed by atoms with E-state index in [2.05, 4.69) is 10.3 Å². The normalized spacial score (nSPS) is 13.0. The molecule has 28 heavy (non-hydrogen) atoms. The highest BCUT2D eigenvalue weighted by atomic mass is 16.2. The van der Waals surface area contributed by atoms with Crippen LogP contribution in [0.15, 0.2) is 66.7 Å². The van der Waals surface area contributed by atoms with Crippen molar-refractivity contribution < 1.29 is 9.59 Å². The van der Waals surface area contributed by atoms with Crippen LogP contribution in [0.4, 0.5) is 11.4 Å². The van der Waals surface area contributed by atoms with Crippen molar-refractivity contribution in [1.82, 2.24) is 4.98 Å². The molecule has 1 aliphatic heterocycles. The number of anilines is 2. The van der Waals surface area contributed by atoms with Gasteiger partial charge in [0.15, 0.2) is 0 Å². The van der Waals surface area contributed by atoms with Crippen LogP contribution in [0.25, 0.3) is 0 Å². The highest BCUT2D eigenvalue weighted by molar-refractivity contribution is 6.07. The third kappa shape index (κ3) is 3.51. The fraction of sp³-hybridized carbons (Fsp3) is 0.174. The maximum atomic E-state index is 13.1. The molecule has 0 aliphatic carbocycles.